The van der Waals surface area contributed by atoms with Gasteiger partial charge in [0, 0.05) is 24.2 Å². The second-order valence-corrected chi connectivity index (χ2v) is 5.30. The number of nitrogens with zero attached hydrogens (tertiary/aromatic N) is 2. The zero-order valence-electron chi connectivity index (χ0n) is 9.55. The van der Waals surface area contributed by atoms with Gasteiger partial charge in [0.15, 0.2) is 11.0 Å². The first-order valence-corrected chi connectivity index (χ1v) is 6.35. The Hall–Kier alpha value is -0.990. The number of alkyl halides is 6. The lowest BCUT2D eigenvalue weighted by Gasteiger charge is -2.21. The second kappa shape index (κ2) is 4.84. The quantitative estimate of drug-likeness (QED) is 0.769. The van der Waals surface area contributed by atoms with Crippen molar-refractivity contribution < 1.29 is 26.3 Å². The maximum absolute atomic E-state index is 12.5. The molecule has 0 amide bonds. The number of thiazole rings is 1. The highest BCUT2D eigenvalue weighted by Gasteiger charge is 2.58. The van der Waals surface area contributed by atoms with Crippen LogP contribution in [-0.4, -0.2) is 30.4 Å². The molecule has 2 rings (SSSR count). The number of halogens is 6. The Labute approximate surface area is 109 Å². The zero-order chi connectivity index (χ0) is 14.3. The van der Waals surface area contributed by atoms with Gasteiger partial charge in [0.2, 0.25) is 0 Å². The highest BCUT2D eigenvalue weighted by molar-refractivity contribution is 7.15. The number of rotatable bonds is 2. The largest absolute Gasteiger partial charge is 0.405 e. The van der Waals surface area contributed by atoms with Gasteiger partial charge in [-0.15, -0.1) is 11.3 Å². The van der Waals surface area contributed by atoms with E-state index in [1.807, 2.05) is 0 Å². The Morgan fingerprint density at radius 1 is 1.05 bits per heavy atom. The van der Waals surface area contributed by atoms with E-state index in [9.17, 15) is 26.3 Å². The van der Waals surface area contributed by atoms with E-state index in [-0.39, 0.29) is 5.13 Å². The third-order valence-electron chi connectivity index (χ3n) is 2.83. The van der Waals surface area contributed by atoms with Gasteiger partial charge in [0.05, 0.1) is 0 Å². The summed E-state index contributed by atoms with van der Waals surface area (Å²) in [4.78, 5) is 4.59. The Morgan fingerprint density at radius 3 is 2.05 bits per heavy atom. The molecule has 1 aliphatic heterocycles. The molecule has 0 aliphatic carbocycles. The van der Waals surface area contributed by atoms with Crippen LogP contribution in [0.25, 0.3) is 0 Å². The van der Waals surface area contributed by atoms with Crippen molar-refractivity contribution >= 4 is 16.5 Å². The van der Waals surface area contributed by atoms with Gasteiger partial charge in [-0.25, -0.2) is 4.98 Å². The van der Waals surface area contributed by atoms with Gasteiger partial charge < -0.3 is 4.90 Å². The van der Waals surface area contributed by atoms with E-state index in [0.29, 0.717) is 30.6 Å². The third-order valence-corrected chi connectivity index (χ3v) is 3.95. The van der Waals surface area contributed by atoms with Gasteiger partial charge in [-0.05, 0) is 12.8 Å². The smallest absolute Gasteiger partial charge is 0.348 e. The van der Waals surface area contributed by atoms with Crippen LogP contribution in [0.5, 0.6) is 0 Å². The molecule has 19 heavy (non-hydrogen) atoms. The summed E-state index contributed by atoms with van der Waals surface area (Å²) >= 11 is 0.467. The first kappa shape index (κ1) is 14.4. The summed E-state index contributed by atoms with van der Waals surface area (Å²) in [7, 11) is 0. The minimum atomic E-state index is -5.35. The van der Waals surface area contributed by atoms with Gasteiger partial charge in [-0.1, -0.05) is 0 Å². The van der Waals surface area contributed by atoms with E-state index in [0.717, 1.165) is 12.8 Å². The molecule has 1 aliphatic rings. The van der Waals surface area contributed by atoms with Crippen molar-refractivity contribution in [2.45, 2.75) is 31.1 Å². The lowest BCUT2D eigenvalue weighted by atomic mass is 10.1. The molecule has 2 heterocycles. The van der Waals surface area contributed by atoms with Crippen molar-refractivity contribution in [2.24, 2.45) is 0 Å². The predicted molar refractivity (Wildman–Crippen MR) is 58.4 cm³/mol. The molecule has 0 saturated carbocycles. The van der Waals surface area contributed by atoms with E-state index < -0.39 is 23.1 Å². The van der Waals surface area contributed by atoms with Crippen molar-refractivity contribution in [1.29, 1.82) is 0 Å². The van der Waals surface area contributed by atoms with Crippen molar-refractivity contribution in [3.8, 4) is 0 Å². The van der Waals surface area contributed by atoms with E-state index in [2.05, 4.69) is 4.98 Å². The highest BCUT2D eigenvalue weighted by Crippen LogP contribution is 2.48. The molecule has 1 fully saturated rings. The Bertz CT molecular complexity index is 418. The molecule has 0 N–H and O–H groups in total. The molecule has 0 spiro atoms. The van der Waals surface area contributed by atoms with Crippen LogP contribution >= 0.6 is 11.3 Å². The summed E-state index contributed by atoms with van der Waals surface area (Å²) in [5.74, 6) is -3.45. The Balaban J connectivity index is 2.28. The van der Waals surface area contributed by atoms with Crippen LogP contribution in [0, 0.1) is 0 Å². The summed E-state index contributed by atoms with van der Waals surface area (Å²) in [6.45, 7) is 1.24. The van der Waals surface area contributed by atoms with Crippen LogP contribution in [0.3, 0.4) is 0 Å². The molecule has 108 valence electrons. The second-order valence-electron chi connectivity index (χ2n) is 4.26. The van der Waals surface area contributed by atoms with Crippen LogP contribution in [0.2, 0.25) is 0 Å². The number of hydrogen-bond donors (Lipinski definition) is 0. The van der Waals surface area contributed by atoms with Gasteiger partial charge >= 0.3 is 12.4 Å². The Morgan fingerprint density at radius 2 is 1.58 bits per heavy atom. The fourth-order valence-corrected chi connectivity index (χ4v) is 3.09. The van der Waals surface area contributed by atoms with Gasteiger partial charge in [0.1, 0.15) is 0 Å². The standard InChI is InChI=1S/C10H10F6N2S/c11-9(12,13)7(10(14,15)16)6-5-17-8(19-6)18-3-1-2-4-18/h5,7H,1-4H2. The number of hydrogen-bond acceptors (Lipinski definition) is 3. The first-order chi connectivity index (χ1) is 8.69. The van der Waals surface area contributed by atoms with E-state index in [1.54, 1.807) is 4.90 Å². The van der Waals surface area contributed by atoms with E-state index in [4.69, 9.17) is 0 Å². The summed E-state index contributed by atoms with van der Waals surface area (Å²) in [5, 5.41) is 0.228. The van der Waals surface area contributed by atoms with Crippen LogP contribution in [-0.2, 0) is 0 Å². The van der Waals surface area contributed by atoms with E-state index in [1.165, 1.54) is 0 Å². The van der Waals surface area contributed by atoms with Crippen LogP contribution in [0.1, 0.15) is 23.6 Å². The van der Waals surface area contributed by atoms with Crippen LogP contribution in [0.4, 0.5) is 31.5 Å². The number of anilines is 1. The molecule has 9 heteroatoms. The fraction of sp³-hybridized carbons (Fsp3) is 0.700. The highest BCUT2D eigenvalue weighted by atomic mass is 32.1. The minimum absolute atomic E-state index is 0.228. The molecule has 0 radical (unpaired) electrons. The molecule has 1 saturated heterocycles. The average Bonchev–Trinajstić information content (AvgIpc) is 2.80. The minimum Gasteiger partial charge on any atom is -0.348 e. The van der Waals surface area contributed by atoms with Gasteiger partial charge in [-0.2, -0.15) is 26.3 Å². The SMILES string of the molecule is FC(F)(F)C(c1cnc(N2CCCC2)s1)C(F)(F)F. The van der Waals surface area contributed by atoms with Gasteiger partial charge in [0.25, 0.3) is 0 Å². The zero-order valence-corrected chi connectivity index (χ0v) is 10.4. The predicted octanol–water partition coefficient (Wildman–Crippen LogP) is 3.95. The summed E-state index contributed by atoms with van der Waals surface area (Å²) in [5.41, 5.74) is 0. The fourth-order valence-electron chi connectivity index (χ4n) is 1.97. The molecule has 0 bridgehead atoms. The molecular formula is C10H10F6N2S. The summed E-state index contributed by atoms with van der Waals surface area (Å²) in [6, 6.07) is 0. The molecule has 0 unspecified atom stereocenters. The molecule has 1 aromatic rings. The first-order valence-electron chi connectivity index (χ1n) is 5.53. The van der Waals surface area contributed by atoms with Crippen molar-refractivity contribution in [2.75, 3.05) is 18.0 Å². The monoisotopic (exact) mass is 304 g/mol. The van der Waals surface area contributed by atoms with Crippen molar-refractivity contribution in [3.05, 3.63) is 11.1 Å². The molecule has 0 aromatic carbocycles. The molecule has 2 nitrogen and oxygen atoms in total. The van der Waals surface area contributed by atoms with Crippen molar-refractivity contribution in [3.63, 3.8) is 0 Å². The van der Waals surface area contributed by atoms with Crippen LogP contribution < -0.4 is 4.90 Å². The third kappa shape index (κ3) is 3.13. The maximum atomic E-state index is 12.5. The normalized spacial score (nSPS) is 17.5. The summed E-state index contributed by atoms with van der Waals surface area (Å²) < 4.78 is 75.2. The lowest BCUT2D eigenvalue weighted by molar-refractivity contribution is -0.252. The molecule has 1 aromatic heterocycles. The topological polar surface area (TPSA) is 16.1 Å². The summed E-state index contributed by atoms with van der Waals surface area (Å²) in [6.07, 6.45) is -8.28. The number of aromatic nitrogens is 1. The van der Waals surface area contributed by atoms with Crippen LogP contribution in [0.15, 0.2) is 6.20 Å². The molecule has 0 atom stereocenters. The lowest BCUT2D eigenvalue weighted by Crippen LogP contribution is -2.33. The van der Waals surface area contributed by atoms with Crippen molar-refractivity contribution in [1.82, 2.24) is 4.98 Å². The van der Waals surface area contributed by atoms with E-state index >= 15 is 0 Å². The maximum Gasteiger partial charge on any atom is 0.405 e. The van der Waals surface area contributed by atoms with Gasteiger partial charge in [-0.3, -0.25) is 0 Å². The Kier molecular flexibility index (Phi) is 3.67. The average molecular weight is 304 g/mol. The molecular weight excluding hydrogens is 294 g/mol.